The first kappa shape index (κ1) is 14.5. The lowest BCUT2D eigenvalue weighted by Crippen LogP contribution is -2.41. The molecule has 0 heterocycles. The van der Waals surface area contributed by atoms with Gasteiger partial charge in [0.2, 0.25) is 0 Å². The molecule has 0 rings (SSSR count). The second-order valence-electron chi connectivity index (χ2n) is 1.80. The molecule has 0 aromatic heterocycles. The maximum Gasteiger partial charge on any atom is 0.471 e. The quantitative estimate of drug-likeness (QED) is 0.629. The number of hydrogen-bond acceptors (Lipinski definition) is 1. The number of hydrogen-bond donors (Lipinski definition) is 1. The molecule has 0 aromatic carbocycles. The van der Waals surface area contributed by atoms with Gasteiger partial charge in [0.15, 0.2) is 0 Å². The van der Waals surface area contributed by atoms with Crippen molar-refractivity contribution in [1.82, 2.24) is 5.32 Å². The molecule has 0 unspecified atom stereocenters. The van der Waals surface area contributed by atoms with Crippen LogP contribution in [0.2, 0.25) is 0 Å². The van der Waals surface area contributed by atoms with Crippen LogP contribution in [0.4, 0.5) is 26.3 Å². The van der Waals surface area contributed by atoms with Crippen LogP contribution in [0.1, 0.15) is 0 Å². The largest absolute Gasteiger partial charge is 0.471 e. The van der Waals surface area contributed by atoms with E-state index in [4.69, 9.17) is 0 Å². The van der Waals surface area contributed by atoms with E-state index < -0.39 is 24.8 Å². The summed E-state index contributed by atoms with van der Waals surface area (Å²) in [4.78, 5) is 9.78. The summed E-state index contributed by atoms with van der Waals surface area (Å²) < 4.78 is 67.4. The van der Waals surface area contributed by atoms with E-state index in [1.807, 2.05) is 0 Å². The molecule has 3 N–H and O–H groups in total. The van der Waals surface area contributed by atoms with Crippen molar-refractivity contribution in [2.75, 3.05) is 6.54 Å². The third-order valence-corrected chi connectivity index (χ3v) is 0.707. The molecule has 0 atom stereocenters. The number of carbonyl (C=O) groups excluding carboxylic acids is 1. The standard InChI is InChI=1S/C4H3F6NO.H2O/c5-3(6,7)1-11-2(12)4(8,9)10;/h1H2,(H,11,12);1H2. The Morgan fingerprint density at radius 3 is 1.69 bits per heavy atom. The highest BCUT2D eigenvalue weighted by Crippen LogP contribution is 2.16. The van der Waals surface area contributed by atoms with Gasteiger partial charge in [-0.05, 0) is 0 Å². The lowest BCUT2D eigenvalue weighted by molar-refractivity contribution is -0.179. The molecule has 0 aliphatic heterocycles. The van der Waals surface area contributed by atoms with Gasteiger partial charge in [-0.25, -0.2) is 0 Å². The van der Waals surface area contributed by atoms with Crippen LogP contribution in [0.25, 0.3) is 0 Å². The molecule has 0 aliphatic rings. The molecular weight excluding hydrogens is 208 g/mol. The van der Waals surface area contributed by atoms with E-state index in [0.29, 0.717) is 5.32 Å². The molecule has 3 nitrogen and oxygen atoms in total. The lowest BCUT2D eigenvalue weighted by Gasteiger charge is -2.09. The zero-order chi connectivity index (χ0) is 9.99. The maximum absolute atomic E-state index is 11.2. The van der Waals surface area contributed by atoms with E-state index >= 15 is 0 Å². The van der Waals surface area contributed by atoms with Crippen molar-refractivity contribution in [3.8, 4) is 0 Å². The molecule has 0 spiro atoms. The SMILES string of the molecule is O.O=C(NCC(F)(F)F)C(F)(F)F. The summed E-state index contributed by atoms with van der Waals surface area (Å²) in [6, 6.07) is 0. The van der Waals surface area contributed by atoms with Crippen molar-refractivity contribution in [3.05, 3.63) is 0 Å². The van der Waals surface area contributed by atoms with Crippen molar-refractivity contribution >= 4 is 5.91 Å². The van der Waals surface area contributed by atoms with Crippen LogP contribution in [0.5, 0.6) is 0 Å². The smallest absolute Gasteiger partial charge is 0.412 e. The van der Waals surface area contributed by atoms with Gasteiger partial charge >= 0.3 is 18.3 Å². The van der Waals surface area contributed by atoms with E-state index in [0.717, 1.165) is 0 Å². The van der Waals surface area contributed by atoms with Gasteiger partial charge in [-0.2, -0.15) is 26.3 Å². The first-order chi connectivity index (χ1) is 5.13. The Morgan fingerprint density at radius 2 is 1.46 bits per heavy atom. The van der Waals surface area contributed by atoms with Gasteiger partial charge in [0, 0.05) is 0 Å². The minimum absolute atomic E-state index is 0. The van der Waals surface area contributed by atoms with Crippen molar-refractivity contribution in [2.24, 2.45) is 0 Å². The van der Waals surface area contributed by atoms with Gasteiger partial charge in [0.25, 0.3) is 0 Å². The average Bonchev–Trinajstić information content (AvgIpc) is 1.78. The van der Waals surface area contributed by atoms with Gasteiger partial charge in [0.05, 0.1) is 0 Å². The van der Waals surface area contributed by atoms with Crippen molar-refractivity contribution in [1.29, 1.82) is 0 Å². The van der Waals surface area contributed by atoms with Gasteiger partial charge in [-0.3, -0.25) is 4.79 Å². The van der Waals surface area contributed by atoms with E-state index in [-0.39, 0.29) is 5.48 Å². The molecular formula is C4H5F6NO2. The van der Waals surface area contributed by atoms with Gasteiger partial charge in [-0.1, -0.05) is 0 Å². The second-order valence-corrected chi connectivity index (χ2v) is 1.80. The van der Waals surface area contributed by atoms with Crippen LogP contribution in [0.3, 0.4) is 0 Å². The Morgan fingerprint density at radius 1 is 1.08 bits per heavy atom. The molecule has 0 radical (unpaired) electrons. The van der Waals surface area contributed by atoms with E-state index in [1.165, 1.54) is 0 Å². The van der Waals surface area contributed by atoms with Crippen LogP contribution >= 0.6 is 0 Å². The molecule has 0 saturated heterocycles. The first-order valence-electron chi connectivity index (χ1n) is 2.55. The molecule has 0 saturated carbocycles. The molecule has 0 bridgehead atoms. The van der Waals surface area contributed by atoms with Gasteiger partial charge in [0.1, 0.15) is 6.54 Å². The Hall–Kier alpha value is -0.990. The van der Waals surface area contributed by atoms with Crippen LogP contribution < -0.4 is 5.32 Å². The van der Waals surface area contributed by atoms with E-state index in [1.54, 1.807) is 0 Å². The Labute approximate surface area is 68.0 Å². The van der Waals surface area contributed by atoms with Gasteiger partial charge in [-0.15, -0.1) is 0 Å². The number of amides is 1. The Balaban J connectivity index is 0. The molecule has 9 heteroatoms. The minimum atomic E-state index is -5.27. The summed E-state index contributed by atoms with van der Waals surface area (Å²) in [5.41, 5.74) is 0. The Kier molecular flexibility index (Phi) is 4.81. The van der Waals surface area contributed by atoms with E-state index in [9.17, 15) is 31.1 Å². The minimum Gasteiger partial charge on any atom is -0.412 e. The number of nitrogens with one attached hydrogen (secondary N) is 1. The van der Waals surface area contributed by atoms with Gasteiger partial charge < -0.3 is 10.8 Å². The fourth-order valence-electron chi connectivity index (χ4n) is 0.281. The fraction of sp³-hybridized carbons (Fsp3) is 0.750. The molecule has 0 aromatic rings. The predicted octanol–water partition coefficient (Wildman–Crippen LogP) is 0.402. The Bertz CT molecular complexity index is 172. The molecule has 13 heavy (non-hydrogen) atoms. The zero-order valence-electron chi connectivity index (χ0n) is 5.88. The zero-order valence-corrected chi connectivity index (χ0v) is 5.88. The predicted molar refractivity (Wildman–Crippen MR) is 28.7 cm³/mol. The summed E-state index contributed by atoms with van der Waals surface area (Å²) in [5, 5.41) is 0.674. The van der Waals surface area contributed by atoms with Crippen molar-refractivity contribution in [3.63, 3.8) is 0 Å². The monoisotopic (exact) mass is 213 g/mol. The number of alkyl halides is 6. The lowest BCUT2D eigenvalue weighted by atomic mass is 10.5. The second kappa shape index (κ2) is 4.30. The summed E-state index contributed by atoms with van der Waals surface area (Å²) in [5.74, 6) is -2.60. The summed E-state index contributed by atoms with van der Waals surface area (Å²) in [6.07, 6.45) is -10.1. The molecule has 1 amide bonds. The molecule has 0 fully saturated rings. The van der Waals surface area contributed by atoms with Crippen LogP contribution in [0, 0.1) is 0 Å². The topological polar surface area (TPSA) is 60.6 Å². The van der Waals surface area contributed by atoms with E-state index in [2.05, 4.69) is 0 Å². The highest BCUT2D eigenvalue weighted by atomic mass is 19.4. The molecule has 80 valence electrons. The number of rotatable bonds is 1. The number of carbonyl (C=O) groups is 1. The number of halogens is 6. The average molecular weight is 213 g/mol. The normalized spacial score (nSPS) is 11.8. The van der Waals surface area contributed by atoms with Crippen LogP contribution in [0.15, 0.2) is 0 Å². The highest BCUT2D eigenvalue weighted by molar-refractivity contribution is 5.81. The van der Waals surface area contributed by atoms with Crippen LogP contribution in [-0.4, -0.2) is 30.3 Å². The third-order valence-electron chi connectivity index (χ3n) is 0.707. The summed E-state index contributed by atoms with van der Waals surface area (Å²) in [7, 11) is 0. The highest BCUT2D eigenvalue weighted by Gasteiger charge is 2.40. The van der Waals surface area contributed by atoms with Crippen LogP contribution in [-0.2, 0) is 4.79 Å². The first-order valence-corrected chi connectivity index (χ1v) is 2.55. The van der Waals surface area contributed by atoms with Crippen molar-refractivity contribution < 1.29 is 36.6 Å². The fourth-order valence-corrected chi connectivity index (χ4v) is 0.281. The maximum atomic E-state index is 11.2. The van der Waals surface area contributed by atoms with Crippen molar-refractivity contribution in [2.45, 2.75) is 12.4 Å². The summed E-state index contributed by atoms with van der Waals surface area (Å²) >= 11 is 0. The molecule has 0 aliphatic carbocycles. The summed E-state index contributed by atoms with van der Waals surface area (Å²) in [6.45, 7) is -1.98. The third kappa shape index (κ3) is 7.37.